The number of rotatable bonds is 10. The van der Waals surface area contributed by atoms with Crippen molar-refractivity contribution in [1.82, 2.24) is 0 Å². The highest BCUT2D eigenvalue weighted by molar-refractivity contribution is 7.26. The first kappa shape index (κ1) is 35.0. The normalized spacial score (nSPS) is 11.1. The molecule has 3 nitrogen and oxygen atoms in total. The zero-order valence-electron chi connectivity index (χ0n) is 31.8. The van der Waals surface area contributed by atoms with Gasteiger partial charge in [-0.3, -0.25) is 0 Å². The summed E-state index contributed by atoms with van der Waals surface area (Å²) >= 11 is 1.87. The minimum absolute atomic E-state index is 1.07. The van der Waals surface area contributed by atoms with E-state index in [4.69, 9.17) is 0 Å². The Labute approximate surface area is 343 Å². The van der Waals surface area contributed by atoms with Gasteiger partial charge in [0.15, 0.2) is 0 Å². The monoisotopic (exact) mass is 761 g/mol. The average molecular weight is 762 g/mol. The molecular formula is C54H39N3S. The van der Waals surface area contributed by atoms with Crippen LogP contribution >= 0.6 is 11.3 Å². The van der Waals surface area contributed by atoms with Crippen LogP contribution in [0.1, 0.15) is 0 Å². The molecule has 0 bridgehead atoms. The van der Waals surface area contributed by atoms with Crippen molar-refractivity contribution in [2.24, 2.45) is 0 Å². The topological polar surface area (TPSA) is 9.72 Å². The maximum Gasteiger partial charge on any atom is 0.0463 e. The molecule has 10 rings (SSSR count). The fourth-order valence-electron chi connectivity index (χ4n) is 7.92. The fourth-order valence-corrected chi connectivity index (χ4v) is 9.15. The van der Waals surface area contributed by atoms with Crippen molar-refractivity contribution in [2.75, 3.05) is 14.7 Å². The second kappa shape index (κ2) is 15.6. The maximum absolute atomic E-state index is 2.35. The van der Waals surface area contributed by atoms with Gasteiger partial charge in [0.05, 0.1) is 0 Å². The van der Waals surface area contributed by atoms with Crippen LogP contribution in [0.2, 0.25) is 0 Å². The second-order valence-electron chi connectivity index (χ2n) is 14.2. The Morgan fingerprint density at radius 3 is 0.948 bits per heavy atom. The van der Waals surface area contributed by atoms with Crippen LogP contribution < -0.4 is 14.7 Å². The molecule has 10 aromatic rings. The third kappa shape index (κ3) is 6.76. The van der Waals surface area contributed by atoms with Crippen molar-refractivity contribution < 1.29 is 0 Å². The van der Waals surface area contributed by atoms with Crippen LogP contribution in [-0.2, 0) is 0 Å². The molecule has 1 heterocycles. The Morgan fingerprint density at radius 2 is 0.552 bits per heavy atom. The van der Waals surface area contributed by atoms with Crippen molar-refractivity contribution in [1.29, 1.82) is 0 Å². The van der Waals surface area contributed by atoms with Crippen LogP contribution in [0.25, 0.3) is 31.3 Å². The quantitative estimate of drug-likeness (QED) is 0.137. The largest absolute Gasteiger partial charge is 0.311 e. The number of para-hydroxylation sites is 4. The van der Waals surface area contributed by atoms with E-state index in [1.807, 2.05) is 11.3 Å². The third-order valence-corrected chi connectivity index (χ3v) is 11.9. The summed E-state index contributed by atoms with van der Waals surface area (Å²) < 4.78 is 2.64. The van der Waals surface area contributed by atoms with E-state index in [2.05, 4.69) is 251 Å². The van der Waals surface area contributed by atoms with E-state index in [-0.39, 0.29) is 0 Å². The summed E-state index contributed by atoms with van der Waals surface area (Å²) in [5, 5.41) is 2.62. The molecule has 0 unspecified atom stereocenters. The van der Waals surface area contributed by atoms with Crippen molar-refractivity contribution >= 4 is 82.7 Å². The molecule has 0 amide bonds. The van der Waals surface area contributed by atoms with E-state index < -0.39 is 0 Å². The SMILES string of the molecule is c1ccc(N(c2ccccc2)c2ccc(N(c3ccc(-c4cccc5c4sc4ccccc45)cc3)c3ccc(N(c4ccccc4)c4ccccc4)cc3)cc2)cc1. The van der Waals surface area contributed by atoms with E-state index in [1.54, 1.807) is 0 Å². The van der Waals surface area contributed by atoms with Crippen molar-refractivity contribution in [2.45, 2.75) is 0 Å². The highest BCUT2D eigenvalue weighted by Crippen LogP contribution is 2.43. The van der Waals surface area contributed by atoms with Crippen molar-refractivity contribution in [3.63, 3.8) is 0 Å². The first-order chi connectivity index (χ1) is 28.8. The molecule has 0 radical (unpaired) electrons. The summed E-state index contributed by atoms with van der Waals surface area (Å²) in [5.74, 6) is 0. The van der Waals surface area contributed by atoms with Gasteiger partial charge in [0.1, 0.15) is 0 Å². The minimum atomic E-state index is 1.07. The van der Waals surface area contributed by atoms with Gasteiger partial charge in [-0.05, 0) is 126 Å². The van der Waals surface area contributed by atoms with Gasteiger partial charge in [0, 0.05) is 71.4 Å². The molecule has 0 saturated carbocycles. The molecule has 0 aliphatic carbocycles. The molecular weight excluding hydrogens is 723 g/mol. The van der Waals surface area contributed by atoms with Crippen LogP contribution in [0.5, 0.6) is 0 Å². The summed E-state index contributed by atoms with van der Waals surface area (Å²) in [4.78, 5) is 6.95. The number of nitrogens with zero attached hydrogens (tertiary/aromatic N) is 3. The number of anilines is 9. The Kier molecular flexibility index (Phi) is 9.44. The molecule has 0 fully saturated rings. The number of hydrogen-bond donors (Lipinski definition) is 0. The van der Waals surface area contributed by atoms with Gasteiger partial charge >= 0.3 is 0 Å². The molecule has 4 heteroatoms. The zero-order valence-corrected chi connectivity index (χ0v) is 32.6. The van der Waals surface area contributed by atoms with E-state index >= 15 is 0 Å². The molecule has 276 valence electrons. The Balaban J connectivity index is 1.06. The average Bonchev–Trinajstić information content (AvgIpc) is 3.69. The molecule has 1 aromatic heterocycles. The minimum Gasteiger partial charge on any atom is -0.311 e. The lowest BCUT2D eigenvalue weighted by molar-refractivity contribution is 1.24. The number of hydrogen-bond acceptors (Lipinski definition) is 4. The standard InChI is InChI=1S/C54H39N3S/c1-5-16-41(17-6-1)55(42-18-7-2-8-19-42)46-32-36-48(37-33-46)57(49-38-34-47(35-39-49)56(43-20-9-3-10-21-43)44-22-11-4-12-23-44)45-30-28-40(29-31-45)50-25-15-26-52-51-24-13-14-27-53(51)58-54(50)52/h1-39H. The molecule has 0 atom stereocenters. The highest BCUT2D eigenvalue weighted by Gasteiger charge is 2.18. The summed E-state index contributed by atoms with van der Waals surface area (Å²) in [6.45, 7) is 0. The fraction of sp³-hybridized carbons (Fsp3) is 0. The Morgan fingerprint density at radius 1 is 0.241 bits per heavy atom. The van der Waals surface area contributed by atoms with Crippen molar-refractivity contribution in [3.05, 3.63) is 237 Å². The van der Waals surface area contributed by atoms with Crippen molar-refractivity contribution in [3.8, 4) is 11.1 Å². The first-order valence-corrected chi connectivity index (χ1v) is 20.4. The Hall–Kier alpha value is -7.40. The first-order valence-electron chi connectivity index (χ1n) is 19.6. The smallest absolute Gasteiger partial charge is 0.0463 e. The predicted octanol–water partition coefficient (Wildman–Crippen LogP) is 16.1. The van der Waals surface area contributed by atoms with Crippen LogP contribution in [0.15, 0.2) is 237 Å². The molecule has 0 spiro atoms. The van der Waals surface area contributed by atoms with Crippen LogP contribution in [0.3, 0.4) is 0 Å². The van der Waals surface area contributed by atoms with Gasteiger partial charge in [-0.1, -0.05) is 121 Å². The zero-order chi connectivity index (χ0) is 38.7. The Bertz CT molecular complexity index is 2710. The molecule has 0 saturated heterocycles. The summed E-state index contributed by atoms with van der Waals surface area (Å²) in [5.41, 5.74) is 12.3. The van der Waals surface area contributed by atoms with Crippen LogP contribution in [0, 0.1) is 0 Å². The predicted molar refractivity (Wildman–Crippen MR) is 249 cm³/mol. The lowest BCUT2D eigenvalue weighted by Crippen LogP contribution is -2.13. The van der Waals surface area contributed by atoms with Gasteiger partial charge < -0.3 is 14.7 Å². The second-order valence-corrected chi connectivity index (χ2v) is 15.3. The van der Waals surface area contributed by atoms with Crippen LogP contribution in [-0.4, -0.2) is 0 Å². The number of thiophene rings is 1. The number of fused-ring (bicyclic) bond motifs is 3. The third-order valence-electron chi connectivity index (χ3n) is 10.6. The molecule has 0 aliphatic rings. The van der Waals surface area contributed by atoms with Gasteiger partial charge in [-0.25, -0.2) is 0 Å². The lowest BCUT2D eigenvalue weighted by atomic mass is 10.0. The van der Waals surface area contributed by atoms with Gasteiger partial charge in [-0.15, -0.1) is 11.3 Å². The molecule has 9 aromatic carbocycles. The summed E-state index contributed by atoms with van der Waals surface area (Å²) in [6.07, 6.45) is 0. The maximum atomic E-state index is 2.35. The highest BCUT2D eigenvalue weighted by atomic mass is 32.1. The van der Waals surface area contributed by atoms with Gasteiger partial charge in [0.2, 0.25) is 0 Å². The van der Waals surface area contributed by atoms with E-state index in [0.717, 1.165) is 51.2 Å². The van der Waals surface area contributed by atoms with E-state index in [9.17, 15) is 0 Å². The number of benzene rings is 9. The molecule has 0 aliphatic heterocycles. The van der Waals surface area contributed by atoms with Crippen LogP contribution in [0.4, 0.5) is 51.2 Å². The summed E-state index contributed by atoms with van der Waals surface area (Å²) in [7, 11) is 0. The molecule has 0 N–H and O–H groups in total. The van der Waals surface area contributed by atoms with E-state index in [0.29, 0.717) is 0 Å². The van der Waals surface area contributed by atoms with E-state index in [1.165, 1.54) is 31.3 Å². The summed E-state index contributed by atoms with van der Waals surface area (Å²) in [6, 6.07) is 84.5. The van der Waals surface area contributed by atoms with Gasteiger partial charge in [-0.2, -0.15) is 0 Å². The van der Waals surface area contributed by atoms with Gasteiger partial charge in [0.25, 0.3) is 0 Å². The lowest BCUT2D eigenvalue weighted by Gasteiger charge is -2.29. The molecule has 58 heavy (non-hydrogen) atoms.